The second-order valence-corrected chi connectivity index (χ2v) is 5.57. The maximum atomic E-state index is 11.4. The molecule has 5 nitrogen and oxygen atoms in total. The van der Waals surface area contributed by atoms with Gasteiger partial charge in [0, 0.05) is 25.1 Å². The molecule has 0 bridgehead atoms. The Balaban J connectivity index is 2.00. The molecule has 0 fully saturated rings. The van der Waals surface area contributed by atoms with Gasteiger partial charge in [-0.25, -0.2) is 4.79 Å². The topological polar surface area (TPSA) is 51.9 Å². The van der Waals surface area contributed by atoms with Gasteiger partial charge in [-0.05, 0) is 23.6 Å². The van der Waals surface area contributed by atoms with Crippen LogP contribution in [0, 0.1) is 0 Å². The Bertz CT molecular complexity index is 550. The second kappa shape index (κ2) is 7.97. The Morgan fingerprint density at radius 1 is 1.29 bits per heavy atom. The molecule has 0 spiro atoms. The van der Waals surface area contributed by atoms with Crippen molar-refractivity contribution in [1.29, 1.82) is 0 Å². The van der Waals surface area contributed by atoms with Crippen LogP contribution in [-0.4, -0.2) is 38.2 Å². The van der Waals surface area contributed by atoms with E-state index in [-0.39, 0.29) is 5.76 Å². The van der Waals surface area contributed by atoms with Crippen molar-refractivity contribution < 1.29 is 18.7 Å². The molecule has 114 valence electrons. The molecular formula is C15H19NO4S. The number of methoxy groups -OCH3 is 2. The predicted octanol–water partition coefficient (Wildman–Crippen LogP) is 2.78. The molecule has 2 rings (SSSR count). The molecular weight excluding hydrogens is 290 g/mol. The number of rotatable bonds is 8. The van der Waals surface area contributed by atoms with Crippen molar-refractivity contribution in [1.82, 2.24) is 4.90 Å². The maximum absolute atomic E-state index is 11.4. The summed E-state index contributed by atoms with van der Waals surface area (Å²) in [5.41, 5.74) is 0. The van der Waals surface area contributed by atoms with Crippen molar-refractivity contribution in [3.05, 3.63) is 46.0 Å². The average Bonchev–Trinajstić information content (AvgIpc) is 3.15. The Labute approximate surface area is 128 Å². The van der Waals surface area contributed by atoms with E-state index in [0.29, 0.717) is 13.2 Å². The summed E-state index contributed by atoms with van der Waals surface area (Å²) in [6.45, 7) is 2.89. The summed E-state index contributed by atoms with van der Waals surface area (Å²) in [6, 6.07) is 7.59. The standard InChI is InChI=1S/C15H19NO4S/c1-18-8-7-16(11-13-4-3-9-21-13)10-12-5-6-14(20-12)15(17)19-2/h3-6,9H,7-8,10-11H2,1-2H3. The number of thiophene rings is 1. The van der Waals surface area contributed by atoms with Crippen LogP contribution in [0.5, 0.6) is 0 Å². The summed E-state index contributed by atoms with van der Waals surface area (Å²) < 4.78 is 15.3. The number of carbonyl (C=O) groups is 1. The molecule has 0 aliphatic carbocycles. The zero-order valence-electron chi connectivity index (χ0n) is 12.2. The van der Waals surface area contributed by atoms with E-state index in [4.69, 9.17) is 9.15 Å². The summed E-state index contributed by atoms with van der Waals surface area (Å²) in [5, 5.41) is 2.06. The van der Waals surface area contributed by atoms with E-state index in [1.54, 1.807) is 30.6 Å². The Morgan fingerprint density at radius 3 is 2.81 bits per heavy atom. The highest BCUT2D eigenvalue weighted by Crippen LogP contribution is 2.16. The van der Waals surface area contributed by atoms with Crippen molar-refractivity contribution in [2.75, 3.05) is 27.4 Å². The lowest BCUT2D eigenvalue weighted by atomic mass is 10.3. The summed E-state index contributed by atoms with van der Waals surface area (Å²) in [7, 11) is 3.03. The largest absolute Gasteiger partial charge is 0.463 e. The van der Waals surface area contributed by atoms with Crippen LogP contribution in [0.15, 0.2) is 34.1 Å². The molecule has 0 aliphatic heterocycles. The minimum absolute atomic E-state index is 0.232. The fraction of sp³-hybridized carbons (Fsp3) is 0.400. The fourth-order valence-corrected chi connectivity index (χ4v) is 2.70. The van der Waals surface area contributed by atoms with Crippen LogP contribution in [-0.2, 0) is 22.6 Å². The van der Waals surface area contributed by atoms with Crippen molar-refractivity contribution >= 4 is 17.3 Å². The van der Waals surface area contributed by atoms with Crippen molar-refractivity contribution in [3.8, 4) is 0 Å². The SMILES string of the molecule is COCCN(Cc1ccc(C(=O)OC)o1)Cc1cccs1. The first-order chi connectivity index (χ1) is 10.2. The van der Waals surface area contributed by atoms with Crippen molar-refractivity contribution in [2.24, 2.45) is 0 Å². The van der Waals surface area contributed by atoms with Gasteiger partial charge in [0.05, 0.1) is 20.3 Å². The number of ether oxygens (including phenoxy) is 2. The van der Waals surface area contributed by atoms with Crippen LogP contribution in [0.2, 0.25) is 0 Å². The van der Waals surface area contributed by atoms with Crippen LogP contribution in [0.25, 0.3) is 0 Å². The molecule has 21 heavy (non-hydrogen) atoms. The fourth-order valence-electron chi connectivity index (χ4n) is 1.95. The highest BCUT2D eigenvalue weighted by atomic mass is 32.1. The molecule has 0 amide bonds. The highest BCUT2D eigenvalue weighted by Gasteiger charge is 2.14. The van der Waals surface area contributed by atoms with Gasteiger partial charge in [-0.2, -0.15) is 0 Å². The van der Waals surface area contributed by atoms with Gasteiger partial charge >= 0.3 is 5.97 Å². The number of carbonyl (C=O) groups excluding carboxylic acids is 1. The van der Waals surface area contributed by atoms with Crippen LogP contribution < -0.4 is 0 Å². The normalized spacial score (nSPS) is 11.0. The quantitative estimate of drug-likeness (QED) is 0.702. The molecule has 0 aromatic carbocycles. The lowest BCUT2D eigenvalue weighted by Gasteiger charge is -2.19. The molecule has 0 unspecified atom stereocenters. The third-order valence-corrected chi connectivity index (χ3v) is 3.86. The van der Waals surface area contributed by atoms with E-state index in [1.807, 2.05) is 6.07 Å². The predicted molar refractivity (Wildman–Crippen MR) is 80.4 cm³/mol. The number of furan rings is 1. The molecule has 0 saturated heterocycles. The van der Waals surface area contributed by atoms with Gasteiger partial charge in [0.2, 0.25) is 5.76 Å². The van der Waals surface area contributed by atoms with Crippen molar-refractivity contribution in [2.45, 2.75) is 13.1 Å². The number of hydrogen-bond donors (Lipinski definition) is 0. The first-order valence-electron chi connectivity index (χ1n) is 6.63. The van der Waals surface area contributed by atoms with Gasteiger partial charge in [-0.1, -0.05) is 6.07 Å². The van der Waals surface area contributed by atoms with Gasteiger partial charge in [0.1, 0.15) is 5.76 Å². The number of esters is 1. The lowest BCUT2D eigenvalue weighted by molar-refractivity contribution is 0.0560. The van der Waals surface area contributed by atoms with E-state index in [1.165, 1.54) is 12.0 Å². The number of hydrogen-bond acceptors (Lipinski definition) is 6. The van der Waals surface area contributed by atoms with Gasteiger partial charge < -0.3 is 13.9 Å². The lowest BCUT2D eigenvalue weighted by Crippen LogP contribution is -2.26. The third-order valence-electron chi connectivity index (χ3n) is 3.00. The molecule has 0 atom stereocenters. The number of nitrogens with zero attached hydrogens (tertiary/aromatic N) is 1. The summed E-state index contributed by atoms with van der Waals surface area (Å²) >= 11 is 1.72. The molecule has 0 radical (unpaired) electrons. The van der Waals surface area contributed by atoms with E-state index >= 15 is 0 Å². The van der Waals surface area contributed by atoms with Gasteiger partial charge in [0.15, 0.2) is 0 Å². The van der Waals surface area contributed by atoms with Crippen LogP contribution in [0.4, 0.5) is 0 Å². The molecule has 0 saturated carbocycles. The Morgan fingerprint density at radius 2 is 2.14 bits per heavy atom. The Kier molecular flexibility index (Phi) is 5.98. The van der Waals surface area contributed by atoms with Gasteiger partial charge in [0.25, 0.3) is 0 Å². The smallest absolute Gasteiger partial charge is 0.373 e. The molecule has 0 aliphatic rings. The third kappa shape index (κ3) is 4.70. The van der Waals surface area contributed by atoms with Crippen LogP contribution in [0.1, 0.15) is 21.2 Å². The van der Waals surface area contributed by atoms with E-state index in [2.05, 4.69) is 21.1 Å². The Hall–Kier alpha value is -1.63. The van der Waals surface area contributed by atoms with Crippen LogP contribution in [0.3, 0.4) is 0 Å². The van der Waals surface area contributed by atoms with Gasteiger partial charge in [-0.15, -0.1) is 11.3 Å². The minimum Gasteiger partial charge on any atom is -0.463 e. The molecule has 2 heterocycles. The van der Waals surface area contributed by atoms with E-state index in [9.17, 15) is 4.79 Å². The second-order valence-electron chi connectivity index (χ2n) is 4.54. The zero-order valence-corrected chi connectivity index (χ0v) is 13.0. The van der Waals surface area contributed by atoms with E-state index in [0.717, 1.165) is 18.8 Å². The summed E-state index contributed by atoms with van der Waals surface area (Å²) in [4.78, 5) is 14.9. The zero-order chi connectivity index (χ0) is 15.1. The molecule has 0 N–H and O–H groups in total. The first kappa shape index (κ1) is 15.8. The maximum Gasteiger partial charge on any atom is 0.373 e. The molecule has 6 heteroatoms. The minimum atomic E-state index is -0.456. The average molecular weight is 309 g/mol. The first-order valence-corrected chi connectivity index (χ1v) is 7.51. The monoisotopic (exact) mass is 309 g/mol. The molecule has 2 aromatic rings. The molecule has 2 aromatic heterocycles. The van der Waals surface area contributed by atoms with Crippen LogP contribution >= 0.6 is 11.3 Å². The highest BCUT2D eigenvalue weighted by molar-refractivity contribution is 7.09. The van der Waals surface area contributed by atoms with Gasteiger partial charge in [-0.3, -0.25) is 4.90 Å². The van der Waals surface area contributed by atoms with E-state index < -0.39 is 5.97 Å². The summed E-state index contributed by atoms with van der Waals surface area (Å²) in [6.07, 6.45) is 0. The van der Waals surface area contributed by atoms with Crippen molar-refractivity contribution in [3.63, 3.8) is 0 Å². The summed E-state index contributed by atoms with van der Waals surface area (Å²) in [5.74, 6) is 0.515.